The Kier molecular flexibility index (Phi) is 6.24. The van der Waals surface area contributed by atoms with Crippen molar-refractivity contribution in [3.05, 3.63) is 42.4 Å². The summed E-state index contributed by atoms with van der Waals surface area (Å²) in [5.41, 5.74) is -0.402. The van der Waals surface area contributed by atoms with E-state index < -0.39 is 11.7 Å². The Morgan fingerprint density at radius 3 is 2.86 bits per heavy atom. The summed E-state index contributed by atoms with van der Waals surface area (Å²) >= 11 is 1.24. The van der Waals surface area contributed by atoms with Crippen molar-refractivity contribution in [1.29, 1.82) is 0 Å². The first-order valence-corrected chi connectivity index (χ1v) is 9.45. The van der Waals surface area contributed by atoms with E-state index in [1.54, 1.807) is 12.4 Å². The van der Waals surface area contributed by atoms with Crippen molar-refractivity contribution >= 4 is 39.2 Å². The molecule has 1 aliphatic heterocycles. The Morgan fingerprint density at radius 1 is 1.25 bits per heavy atom. The smallest absolute Gasteiger partial charge is 0.417 e. The van der Waals surface area contributed by atoms with Gasteiger partial charge in [-0.1, -0.05) is 11.3 Å². The fourth-order valence-electron chi connectivity index (χ4n) is 3.14. The summed E-state index contributed by atoms with van der Waals surface area (Å²) in [4.78, 5) is 14.5. The van der Waals surface area contributed by atoms with Gasteiger partial charge in [0.1, 0.15) is 12.4 Å². The van der Waals surface area contributed by atoms with Gasteiger partial charge in [0.2, 0.25) is 0 Å². The molecule has 28 heavy (non-hydrogen) atoms. The third kappa shape index (κ3) is 4.47. The van der Waals surface area contributed by atoms with Crippen LogP contribution in [0.2, 0.25) is 0 Å². The second-order valence-electron chi connectivity index (χ2n) is 6.38. The minimum absolute atomic E-state index is 0. The summed E-state index contributed by atoms with van der Waals surface area (Å²) in [5, 5.41) is 0.691. The summed E-state index contributed by atoms with van der Waals surface area (Å²) in [6.07, 6.45) is 2.81. The molecule has 0 aromatic carbocycles. The summed E-state index contributed by atoms with van der Waals surface area (Å²) in [5.74, 6) is 0.698. The standard InChI is InChI=1S/C18H17F3N4OS.ClH/c19-18(20,21)12-8-15-16(23-9-12)24-17(27-15)25-7-2-1-4-13(25)11-26-14-5-3-6-22-10-14;/h3,5-6,8-10,13H,1-2,4,7,11H2;1H. The highest BCUT2D eigenvalue weighted by molar-refractivity contribution is 7.22. The topological polar surface area (TPSA) is 51.1 Å². The van der Waals surface area contributed by atoms with E-state index in [4.69, 9.17) is 4.74 Å². The molecule has 1 unspecified atom stereocenters. The zero-order valence-electron chi connectivity index (χ0n) is 14.7. The van der Waals surface area contributed by atoms with Crippen molar-refractivity contribution in [3.8, 4) is 5.75 Å². The van der Waals surface area contributed by atoms with Crippen LogP contribution in [0.3, 0.4) is 0 Å². The maximum Gasteiger partial charge on any atom is 0.417 e. The molecule has 3 aromatic heterocycles. The number of fused-ring (bicyclic) bond motifs is 1. The molecule has 0 amide bonds. The van der Waals surface area contributed by atoms with Gasteiger partial charge >= 0.3 is 6.18 Å². The molecule has 0 bridgehead atoms. The zero-order chi connectivity index (χ0) is 18.9. The number of pyridine rings is 2. The van der Waals surface area contributed by atoms with E-state index in [0.717, 1.165) is 38.1 Å². The van der Waals surface area contributed by atoms with Crippen LogP contribution < -0.4 is 9.64 Å². The molecule has 0 spiro atoms. The van der Waals surface area contributed by atoms with Crippen molar-refractivity contribution in [2.75, 3.05) is 18.1 Å². The highest BCUT2D eigenvalue weighted by atomic mass is 35.5. The zero-order valence-corrected chi connectivity index (χ0v) is 16.4. The first-order chi connectivity index (χ1) is 13.0. The molecule has 1 atom stereocenters. The van der Waals surface area contributed by atoms with Gasteiger partial charge in [0, 0.05) is 18.9 Å². The lowest BCUT2D eigenvalue weighted by Crippen LogP contribution is -2.43. The second-order valence-corrected chi connectivity index (χ2v) is 7.39. The van der Waals surface area contributed by atoms with Crippen LogP contribution in [0.5, 0.6) is 5.75 Å². The SMILES string of the molecule is Cl.FC(F)(F)c1cnc2nc(N3CCCCC3COc3cccnc3)sc2c1. The van der Waals surface area contributed by atoms with E-state index in [1.165, 1.54) is 11.3 Å². The lowest BCUT2D eigenvalue weighted by molar-refractivity contribution is -0.137. The summed E-state index contributed by atoms with van der Waals surface area (Å²) in [7, 11) is 0. The molecule has 0 saturated carbocycles. The third-order valence-electron chi connectivity index (χ3n) is 4.51. The van der Waals surface area contributed by atoms with Gasteiger partial charge in [-0.2, -0.15) is 18.2 Å². The number of hydrogen-bond acceptors (Lipinski definition) is 6. The Morgan fingerprint density at radius 2 is 2.11 bits per heavy atom. The van der Waals surface area contributed by atoms with Crippen LogP contribution in [0.25, 0.3) is 10.3 Å². The van der Waals surface area contributed by atoms with Gasteiger partial charge in [-0.15, -0.1) is 12.4 Å². The molecule has 3 aromatic rings. The van der Waals surface area contributed by atoms with Crippen molar-refractivity contribution in [2.24, 2.45) is 0 Å². The van der Waals surface area contributed by atoms with E-state index in [-0.39, 0.29) is 18.4 Å². The van der Waals surface area contributed by atoms with Gasteiger partial charge in [0.05, 0.1) is 22.5 Å². The number of piperidine rings is 1. The highest BCUT2D eigenvalue weighted by Gasteiger charge is 2.32. The number of ether oxygens (including phenoxy) is 1. The number of anilines is 1. The fourth-order valence-corrected chi connectivity index (χ4v) is 4.20. The largest absolute Gasteiger partial charge is 0.490 e. The van der Waals surface area contributed by atoms with E-state index >= 15 is 0 Å². The number of thiazole rings is 1. The number of hydrogen-bond donors (Lipinski definition) is 0. The Labute approximate surface area is 170 Å². The highest BCUT2D eigenvalue weighted by Crippen LogP contribution is 2.36. The molecule has 1 saturated heterocycles. The molecule has 4 heterocycles. The molecule has 150 valence electrons. The minimum atomic E-state index is -4.41. The van der Waals surface area contributed by atoms with Gasteiger partial charge < -0.3 is 9.64 Å². The van der Waals surface area contributed by atoms with Crippen LogP contribution in [-0.2, 0) is 6.18 Å². The Balaban J connectivity index is 0.00000225. The molecule has 4 rings (SSSR count). The lowest BCUT2D eigenvalue weighted by Gasteiger charge is -2.35. The maximum absolute atomic E-state index is 12.9. The van der Waals surface area contributed by atoms with Crippen molar-refractivity contribution in [1.82, 2.24) is 15.0 Å². The Bertz CT molecular complexity index is 922. The molecular formula is C18H18ClF3N4OS. The first-order valence-electron chi connectivity index (χ1n) is 8.64. The average Bonchev–Trinajstić information content (AvgIpc) is 3.10. The second kappa shape index (κ2) is 8.48. The quantitative estimate of drug-likeness (QED) is 0.585. The molecular weight excluding hydrogens is 413 g/mol. The normalized spacial score (nSPS) is 17.4. The van der Waals surface area contributed by atoms with Crippen molar-refractivity contribution < 1.29 is 17.9 Å². The first kappa shape index (κ1) is 20.6. The van der Waals surface area contributed by atoms with Gasteiger partial charge in [0.25, 0.3) is 0 Å². The van der Waals surface area contributed by atoms with Crippen molar-refractivity contribution in [2.45, 2.75) is 31.5 Å². The number of nitrogens with zero attached hydrogens (tertiary/aromatic N) is 4. The minimum Gasteiger partial charge on any atom is -0.490 e. The Hall–Kier alpha value is -2.13. The molecule has 10 heteroatoms. The summed E-state index contributed by atoms with van der Waals surface area (Å²) in [6, 6.07) is 4.89. The molecule has 0 N–H and O–H groups in total. The predicted molar refractivity (Wildman–Crippen MR) is 104 cm³/mol. The van der Waals surface area contributed by atoms with Crippen LogP contribution in [0.1, 0.15) is 24.8 Å². The maximum atomic E-state index is 12.9. The van der Waals surface area contributed by atoms with Gasteiger partial charge in [-0.3, -0.25) is 4.98 Å². The van der Waals surface area contributed by atoms with E-state index in [1.807, 2.05) is 12.1 Å². The summed E-state index contributed by atoms with van der Waals surface area (Å²) in [6.45, 7) is 1.27. The number of halogens is 4. The van der Waals surface area contributed by atoms with Gasteiger partial charge in [-0.05, 0) is 37.5 Å². The lowest BCUT2D eigenvalue weighted by atomic mass is 10.0. The molecule has 5 nitrogen and oxygen atoms in total. The van der Waals surface area contributed by atoms with Crippen LogP contribution >= 0.6 is 23.7 Å². The summed E-state index contributed by atoms with van der Waals surface area (Å²) < 4.78 is 45.0. The average molecular weight is 431 g/mol. The predicted octanol–water partition coefficient (Wildman–Crippen LogP) is 4.96. The number of rotatable bonds is 4. The number of alkyl halides is 3. The molecule has 1 fully saturated rings. The van der Waals surface area contributed by atoms with Crippen LogP contribution in [0.4, 0.5) is 18.3 Å². The van der Waals surface area contributed by atoms with E-state index in [0.29, 0.717) is 27.8 Å². The van der Waals surface area contributed by atoms with Crippen LogP contribution in [0.15, 0.2) is 36.8 Å². The number of aromatic nitrogens is 3. The van der Waals surface area contributed by atoms with E-state index in [2.05, 4.69) is 19.9 Å². The fraction of sp³-hybridized carbons (Fsp3) is 0.389. The van der Waals surface area contributed by atoms with Gasteiger partial charge in [-0.25, -0.2) is 4.98 Å². The third-order valence-corrected chi connectivity index (χ3v) is 5.54. The molecule has 1 aliphatic rings. The van der Waals surface area contributed by atoms with Crippen molar-refractivity contribution in [3.63, 3.8) is 0 Å². The monoisotopic (exact) mass is 430 g/mol. The molecule has 0 radical (unpaired) electrons. The van der Waals surface area contributed by atoms with Gasteiger partial charge in [0.15, 0.2) is 10.8 Å². The van der Waals surface area contributed by atoms with E-state index in [9.17, 15) is 13.2 Å². The van der Waals surface area contributed by atoms with Crippen LogP contribution in [0, 0.1) is 0 Å². The van der Waals surface area contributed by atoms with Crippen LogP contribution in [-0.4, -0.2) is 34.1 Å². The molecule has 0 aliphatic carbocycles.